The van der Waals surface area contributed by atoms with Gasteiger partial charge < -0.3 is 33.9 Å². The van der Waals surface area contributed by atoms with Crippen LogP contribution >= 0.6 is 23.4 Å². The molecule has 1 aromatic rings. The number of ether oxygens (including phenoxy) is 4. The van der Waals surface area contributed by atoms with E-state index in [1.165, 1.54) is 16.9 Å². The minimum atomic E-state index is -1.81. The molecular formula is C41H62ClN3O9S. The number of benzene rings is 1. The second-order valence-electron chi connectivity index (χ2n) is 15.5. The average Bonchev–Trinajstić information content (AvgIpc) is 3.83. The van der Waals surface area contributed by atoms with E-state index in [0.717, 1.165) is 16.7 Å². The number of nitrogens with one attached hydrogen (secondary N) is 1. The Kier molecular flexibility index (Phi) is 15.3. The van der Waals surface area contributed by atoms with Crippen LogP contribution in [0.1, 0.15) is 93.5 Å². The number of fused-ring (bicyclic) bond motifs is 5. The summed E-state index contributed by atoms with van der Waals surface area (Å²) in [5.74, 6) is -1.78. The number of halogens is 1. The highest BCUT2D eigenvalue weighted by molar-refractivity contribution is 7.99. The van der Waals surface area contributed by atoms with Crippen molar-refractivity contribution >= 4 is 52.9 Å². The van der Waals surface area contributed by atoms with Crippen molar-refractivity contribution in [3.8, 4) is 0 Å². The first-order chi connectivity index (χ1) is 26.1. The number of epoxide rings is 1. The Bertz CT molecular complexity index is 1660. The van der Waals surface area contributed by atoms with Crippen LogP contribution in [-0.4, -0.2) is 108 Å². The van der Waals surface area contributed by atoms with Gasteiger partial charge in [0.15, 0.2) is 5.72 Å². The van der Waals surface area contributed by atoms with Crippen LogP contribution in [0.4, 0.5) is 10.5 Å². The van der Waals surface area contributed by atoms with E-state index in [1.54, 1.807) is 58.8 Å². The Morgan fingerprint density at radius 2 is 1.95 bits per heavy atom. The van der Waals surface area contributed by atoms with Crippen molar-refractivity contribution in [2.75, 3.05) is 32.4 Å². The van der Waals surface area contributed by atoms with Gasteiger partial charge in [-0.25, -0.2) is 9.59 Å². The monoisotopic (exact) mass is 808 g/mol. The Labute approximate surface area is 338 Å². The lowest BCUT2D eigenvalue weighted by atomic mass is 9.83. The predicted octanol–water partition coefficient (Wildman–Crippen LogP) is 6.76. The van der Waals surface area contributed by atoms with Crippen molar-refractivity contribution in [1.82, 2.24) is 10.2 Å². The maximum Gasteiger partial charge on any atom is 0.409 e. The molecule has 2 fully saturated rings. The normalized spacial score (nSPS) is 30.8. The van der Waals surface area contributed by atoms with E-state index < -0.39 is 59.8 Å². The zero-order chi connectivity index (χ0) is 42.3. The third-order valence-corrected chi connectivity index (χ3v) is 12.8. The molecule has 3 heterocycles. The molecule has 2 saturated heterocycles. The van der Waals surface area contributed by atoms with E-state index in [1.807, 2.05) is 45.2 Å². The molecule has 3 aliphatic heterocycles. The SMILES string of the molecule is COC1/C=C/C=C(\C)Cc2cc(C)c(Cl)c(c2)N(C)C(=O)CC(OC(=O)C(C)N(C)C(=O)CCC(C)(C)SC)C2(C)OC2C(C)C2CC1(O)NC(=O)O2.[2H]CC. The number of likely N-dealkylation sites (N-methyl/N-ethyl adjacent to an activating group) is 1. The van der Waals surface area contributed by atoms with Crippen molar-refractivity contribution in [3.05, 3.63) is 52.1 Å². The van der Waals surface area contributed by atoms with Crippen LogP contribution in [0.3, 0.4) is 0 Å². The maximum atomic E-state index is 14.1. The fourth-order valence-electron chi connectivity index (χ4n) is 6.94. The first kappa shape index (κ1) is 44.6. The maximum absolute atomic E-state index is 14.1. The quantitative estimate of drug-likeness (QED) is 0.213. The number of rotatable bonds is 8. The van der Waals surface area contributed by atoms with Crippen LogP contribution in [0, 0.1) is 12.8 Å². The van der Waals surface area contributed by atoms with Crippen molar-refractivity contribution in [2.24, 2.45) is 5.92 Å². The molecule has 3 amide bonds. The summed E-state index contributed by atoms with van der Waals surface area (Å²) < 4.78 is 29.8. The number of amides is 3. The number of alkyl carbamates (subject to hydrolysis) is 1. The van der Waals surface area contributed by atoms with Gasteiger partial charge >= 0.3 is 12.1 Å². The smallest absolute Gasteiger partial charge is 0.409 e. The van der Waals surface area contributed by atoms with Crippen LogP contribution in [0.15, 0.2) is 35.9 Å². The van der Waals surface area contributed by atoms with E-state index in [0.29, 0.717) is 30.5 Å². The molecule has 2 N–H and O–H groups in total. The number of nitrogens with zero attached hydrogens (tertiary/aromatic N) is 2. The second kappa shape index (κ2) is 18.9. The summed E-state index contributed by atoms with van der Waals surface area (Å²) in [6, 6.07) is 2.87. The van der Waals surface area contributed by atoms with E-state index in [4.69, 9.17) is 31.9 Å². The first-order valence-electron chi connectivity index (χ1n) is 19.4. The zero-order valence-electron chi connectivity index (χ0n) is 35.5. The van der Waals surface area contributed by atoms with Gasteiger partial charge in [-0.3, -0.25) is 14.9 Å². The van der Waals surface area contributed by atoms with Gasteiger partial charge in [-0.2, -0.15) is 11.8 Å². The second-order valence-corrected chi connectivity index (χ2v) is 17.4. The summed E-state index contributed by atoms with van der Waals surface area (Å²) in [5.41, 5.74) is 0.199. The van der Waals surface area contributed by atoms with Gasteiger partial charge in [-0.05, 0) is 64.0 Å². The predicted molar refractivity (Wildman–Crippen MR) is 217 cm³/mol. The van der Waals surface area contributed by atoms with E-state index in [-0.39, 0.29) is 35.8 Å². The molecule has 4 bridgehead atoms. The number of carbonyl (C=O) groups excluding carboxylic acids is 4. The van der Waals surface area contributed by atoms with Gasteiger partial charge in [0.05, 0.1) is 23.2 Å². The molecule has 0 radical (unpaired) electrons. The summed E-state index contributed by atoms with van der Waals surface area (Å²) >= 11 is 8.45. The average molecular weight is 809 g/mol. The Morgan fingerprint density at radius 3 is 2.56 bits per heavy atom. The molecule has 1 aromatic carbocycles. The van der Waals surface area contributed by atoms with Crippen LogP contribution in [-0.2, 0) is 39.8 Å². The number of aliphatic hydroxyl groups is 1. The third kappa shape index (κ3) is 11.1. The molecule has 3 aliphatic rings. The number of anilines is 1. The van der Waals surface area contributed by atoms with Gasteiger partial charge in [-0.15, -0.1) is 0 Å². The molecule has 0 saturated carbocycles. The minimum absolute atomic E-state index is 0.0333. The van der Waals surface area contributed by atoms with Crippen LogP contribution in [0.5, 0.6) is 0 Å². The zero-order valence-corrected chi connectivity index (χ0v) is 36.1. The third-order valence-electron chi connectivity index (χ3n) is 11.0. The van der Waals surface area contributed by atoms with Crippen LogP contribution in [0.25, 0.3) is 0 Å². The van der Waals surface area contributed by atoms with Gasteiger partial charge in [0.1, 0.15) is 30.0 Å². The molecule has 0 aliphatic carbocycles. The number of hydrogen-bond acceptors (Lipinski definition) is 10. The topological polar surface area (TPSA) is 147 Å². The van der Waals surface area contributed by atoms with Gasteiger partial charge in [0.2, 0.25) is 11.8 Å². The number of methoxy groups -OCH3 is 1. The van der Waals surface area contributed by atoms with E-state index in [2.05, 4.69) is 19.2 Å². The number of allylic oxidation sites excluding steroid dienone is 3. The fourth-order valence-corrected chi connectivity index (χ4v) is 7.48. The fraction of sp³-hybridized carbons (Fsp3) is 0.659. The summed E-state index contributed by atoms with van der Waals surface area (Å²) in [6.45, 7) is 15.4. The highest BCUT2D eigenvalue weighted by Crippen LogP contribution is 2.49. The Morgan fingerprint density at radius 1 is 1.29 bits per heavy atom. The molecule has 14 heteroatoms. The highest BCUT2D eigenvalue weighted by atomic mass is 35.5. The van der Waals surface area contributed by atoms with Gasteiger partial charge in [0, 0.05) is 46.1 Å². The lowest BCUT2D eigenvalue weighted by molar-refractivity contribution is -0.162. The molecule has 0 aromatic heterocycles. The van der Waals surface area contributed by atoms with Crippen molar-refractivity contribution < 1.29 is 44.6 Å². The molecule has 308 valence electrons. The van der Waals surface area contributed by atoms with Crippen molar-refractivity contribution in [2.45, 2.75) is 141 Å². The van der Waals surface area contributed by atoms with Crippen molar-refractivity contribution in [1.29, 1.82) is 0 Å². The summed E-state index contributed by atoms with van der Waals surface area (Å²) in [6.07, 6.45) is 4.16. The lowest BCUT2D eigenvalue weighted by Crippen LogP contribution is -2.63. The molecule has 8 atom stereocenters. The molecule has 55 heavy (non-hydrogen) atoms. The Balaban J connectivity index is 0.00000271. The molecule has 8 unspecified atom stereocenters. The largest absolute Gasteiger partial charge is 0.457 e. The van der Waals surface area contributed by atoms with E-state index in [9.17, 15) is 24.3 Å². The van der Waals surface area contributed by atoms with Crippen molar-refractivity contribution in [3.63, 3.8) is 0 Å². The number of hydrogen-bond donors (Lipinski definition) is 2. The molecule has 0 spiro atoms. The Hall–Kier alpha value is -3.10. The first-order valence-corrected chi connectivity index (χ1v) is 20.3. The molecular weight excluding hydrogens is 746 g/mol. The molecule has 12 nitrogen and oxygen atoms in total. The van der Waals surface area contributed by atoms with Crippen LogP contribution < -0.4 is 10.2 Å². The van der Waals surface area contributed by atoms with Gasteiger partial charge in [0.25, 0.3) is 0 Å². The number of thioether (sulfide) groups is 1. The lowest BCUT2D eigenvalue weighted by Gasteiger charge is -2.42. The van der Waals surface area contributed by atoms with Crippen LogP contribution in [0.2, 0.25) is 5.02 Å². The number of carbonyl (C=O) groups is 4. The molecule has 4 rings (SSSR count). The summed E-state index contributed by atoms with van der Waals surface area (Å²) in [7, 11) is 4.64. The highest BCUT2D eigenvalue weighted by Gasteiger charge is 2.64. The van der Waals surface area contributed by atoms with Gasteiger partial charge in [-0.1, -0.05) is 76.1 Å². The summed E-state index contributed by atoms with van der Waals surface area (Å²) in [4.78, 5) is 56.7. The number of aryl methyl sites for hydroxylation is 1. The summed E-state index contributed by atoms with van der Waals surface area (Å²) in [5, 5.41) is 14.7. The minimum Gasteiger partial charge on any atom is -0.457 e. The standard InChI is InChI=1S/C39H56ClN3O9S.C2H6/c1-22-13-12-14-29(49-10)39(48)21-28(50-36(47)41-39)24(3)34-38(7,52-34)30(20-32(45)43(9)27-19-26(17-22)18-23(2)33(27)40)51-35(46)25(4)42(8)31(44)15-16-37(5,6)53-11;1-2/h12-14,18-19,24-25,28-30,34,48H,15-17,20-21H2,1-11H3,(H,41,47);1-2H3/b14-12+,22-13+;/i;1D. The van der Waals surface area contributed by atoms with E-state index >= 15 is 0 Å². The number of esters is 1.